The predicted molar refractivity (Wildman–Crippen MR) is 225 cm³/mol. The standard InChI is InChI=1S/C48H30BN3S/c1-4-16-31(17-5-1)50(32-18-6-2-7-19-32)34-28-42-47-44(29-34)53-43-27-15-12-24-37(43)49(47)38-30-41-45(46-36-23-11-14-26-40(36)52(42)48(38)46)35-22-10-13-25-39(35)51(41)33-20-8-3-9-21-33/h1-30H. The molecule has 5 heteroatoms. The van der Waals surface area contributed by atoms with Crippen molar-refractivity contribution < 1.29 is 0 Å². The van der Waals surface area contributed by atoms with Crippen LogP contribution in [0.25, 0.3) is 55.0 Å². The number of hydrogen-bond donors (Lipinski definition) is 0. The van der Waals surface area contributed by atoms with Crippen molar-refractivity contribution in [1.82, 2.24) is 9.13 Å². The van der Waals surface area contributed by atoms with Crippen molar-refractivity contribution in [3.8, 4) is 11.4 Å². The molecule has 10 aromatic rings. The second-order valence-corrected chi connectivity index (χ2v) is 15.2. The first-order chi connectivity index (χ1) is 26.3. The molecule has 0 spiro atoms. The van der Waals surface area contributed by atoms with Gasteiger partial charge < -0.3 is 14.0 Å². The highest BCUT2D eigenvalue weighted by Crippen LogP contribution is 2.46. The lowest BCUT2D eigenvalue weighted by Crippen LogP contribution is -2.58. The normalized spacial score (nSPS) is 12.8. The lowest BCUT2D eigenvalue weighted by molar-refractivity contribution is 1.16. The fourth-order valence-corrected chi connectivity index (χ4v) is 10.5. The predicted octanol–water partition coefficient (Wildman–Crippen LogP) is 10.6. The number of nitrogens with zero attached hydrogens (tertiary/aromatic N) is 3. The first-order valence-electron chi connectivity index (χ1n) is 18.2. The van der Waals surface area contributed by atoms with Crippen molar-refractivity contribution in [2.24, 2.45) is 0 Å². The zero-order chi connectivity index (χ0) is 34.6. The molecule has 0 N–H and O–H groups in total. The molecule has 2 aromatic heterocycles. The molecule has 246 valence electrons. The van der Waals surface area contributed by atoms with Gasteiger partial charge in [0, 0.05) is 59.8 Å². The van der Waals surface area contributed by atoms with Gasteiger partial charge in [-0.25, -0.2) is 0 Å². The van der Waals surface area contributed by atoms with E-state index in [0.717, 1.165) is 17.1 Å². The van der Waals surface area contributed by atoms with Gasteiger partial charge in [-0.05, 0) is 83.7 Å². The molecule has 4 heterocycles. The van der Waals surface area contributed by atoms with Crippen molar-refractivity contribution in [2.45, 2.75) is 9.79 Å². The Bertz CT molecular complexity index is 3050. The Morgan fingerprint density at radius 2 is 1.02 bits per heavy atom. The number of anilines is 3. The highest BCUT2D eigenvalue weighted by atomic mass is 32.2. The van der Waals surface area contributed by atoms with Gasteiger partial charge in [0.2, 0.25) is 6.71 Å². The first kappa shape index (κ1) is 29.2. The van der Waals surface area contributed by atoms with Crippen molar-refractivity contribution in [2.75, 3.05) is 4.90 Å². The minimum absolute atomic E-state index is 0.0827. The van der Waals surface area contributed by atoms with Gasteiger partial charge in [0.25, 0.3) is 0 Å². The monoisotopic (exact) mass is 691 g/mol. The van der Waals surface area contributed by atoms with Crippen LogP contribution in [-0.2, 0) is 0 Å². The summed E-state index contributed by atoms with van der Waals surface area (Å²) < 4.78 is 5.07. The zero-order valence-corrected chi connectivity index (χ0v) is 29.5. The Hall–Kier alpha value is -6.43. The lowest BCUT2D eigenvalue weighted by atomic mass is 9.35. The zero-order valence-electron chi connectivity index (χ0n) is 28.6. The third kappa shape index (κ3) is 4.03. The molecular formula is C48H30BN3S. The highest BCUT2D eigenvalue weighted by Gasteiger charge is 2.41. The molecule has 3 nitrogen and oxygen atoms in total. The maximum absolute atomic E-state index is 2.59. The molecule has 0 saturated carbocycles. The minimum atomic E-state index is 0.0827. The number of aromatic nitrogens is 2. The second kappa shape index (κ2) is 11.0. The smallest absolute Gasteiger partial charge is 0.249 e. The van der Waals surface area contributed by atoms with Gasteiger partial charge in [-0.2, -0.15) is 0 Å². The van der Waals surface area contributed by atoms with Crippen LogP contribution in [0.15, 0.2) is 192 Å². The van der Waals surface area contributed by atoms with Crippen LogP contribution in [0.4, 0.5) is 17.1 Å². The molecule has 0 fully saturated rings. The van der Waals surface area contributed by atoms with E-state index in [1.165, 1.54) is 81.2 Å². The molecule has 8 aromatic carbocycles. The Balaban J connectivity index is 1.27. The average Bonchev–Trinajstić information content (AvgIpc) is 3.74. The van der Waals surface area contributed by atoms with Crippen LogP contribution >= 0.6 is 11.8 Å². The topological polar surface area (TPSA) is 13.1 Å². The van der Waals surface area contributed by atoms with E-state index < -0.39 is 0 Å². The van der Waals surface area contributed by atoms with Crippen LogP contribution in [0.1, 0.15) is 0 Å². The third-order valence-corrected chi connectivity index (χ3v) is 12.4. The van der Waals surface area contributed by atoms with Gasteiger partial charge in [-0.3, -0.25) is 0 Å². The molecule has 12 rings (SSSR count). The summed E-state index contributed by atoms with van der Waals surface area (Å²) in [6, 6.07) is 66.9. The summed E-state index contributed by atoms with van der Waals surface area (Å²) in [7, 11) is 0. The summed E-state index contributed by atoms with van der Waals surface area (Å²) in [6.45, 7) is 0.0827. The Morgan fingerprint density at radius 3 is 1.74 bits per heavy atom. The summed E-state index contributed by atoms with van der Waals surface area (Å²) in [6.07, 6.45) is 0. The minimum Gasteiger partial charge on any atom is -0.310 e. The fourth-order valence-electron chi connectivity index (χ4n) is 9.26. The van der Waals surface area contributed by atoms with Crippen molar-refractivity contribution in [3.63, 3.8) is 0 Å². The number of hydrogen-bond acceptors (Lipinski definition) is 2. The summed E-state index contributed by atoms with van der Waals surface area (Å²) in [5, 5.41) is 5.20. The average molecular weight is 692 g/mol. The van der Waals surface area contributed by atoms with E-state index in [4.69, 9.17) is 0 Å². The summed E-state index contributed by atoms with van der Waals surface area (Å²) in [4.78, 5) is 5.03. The molecule has 0 saturated heterocycles. The van der Waals surface area contributed by atoms with Crippen LogP contribution in [-0.4, -0.2) is 15.8 Å². The van der Waals surface area contributed by atoms with E-state index in [1.54, 1.807) is 0 Å². The largest absolute Gasteiger partial charge is 0.310 e. The van der Waals surface area contributed by atoms with Gasteiger partial charge in [-0.1, -0.05) is 126 Å². The molecule has 0 radical (unpaired) electrons. The van der Waals surface area contributed by atoms with Gasteiger partial charge >= 0.3 is 0 Å². The van der Waals surface area contributed by atoms with Gasteiger partial charge in [0.05, 0.1) is 22.1 Å². The number of rotatable bonds is 4. The first-order valence-corrected chi connectivity index (χ1v) is 19.0. The highest BCUT2D eigenvalue weighted by molar-refractivity contribution is 8.00. The lowest BCUT2D eigenvalue weighted by Gasteiger charge is -2.35. The fraction of sp³-hybridized carbons (Fsp3) is 0. The van der Waals surface area contributed by atoms with Crippen LogP contribution in [0.5, 0.6) is 0 Å². The van der Waals surface area contributed by atoms with E-state index in [-0.39, 0.29) is 6.71 Å². The number of fused-ring (bicyclic) bond motifs is 11. The van der Waals surface area contributed by atoms with Gasteiger partial charge in [-0.15, -0.1) is 0 Å². The van der Waals surface area contributed by atoms with Crippen LogP contribution in [0, 0.1) is 0 Å². The Kier molecular flexibility index (Phi) is 6.08. The van der Waals surface area contributed by atoms with E-state index >= 15 is 0 Å². The van der Waals surface area contributed by atoms with Crippen LogP contribution in [0.3, 0.4) is 0 Å². The molecule has 0 aliphatic carbocycles. The van der Waals surface area contributed by atoms with Crippen LogP contribution in [0.2, 0.25) is 0 Å². The quantitative estimate of drug-likeness (QED) is 0.171. The van der Waals surface area contributed by atoms with E-state index in [2.05, 4.69) is 196 Å². The number of para-hydroxylation sites is 5. The van der Waals surface area contributed by atoms with E-state index in [1.807, 2.05) is 11.8 Å². The number of benzene rings is 8. The van der Waals surface area contributed by atoms with E-state index in [0.29, 0.717) is 0 Å². The maximum Gasteiger partial charge on any atom is 0.249 e. The summed E-state index contributed by atoms with van der Waals surface area (Å²) in [5.74, 6) is 0. The van der Waals surface area contributed by atoms with Crippen molar-refractivity contribution in [1.29, 1.82) is 0 Å². The molecule has 0 unspecified atom stereocenters. The molecule has 0 bridgehead atoms. The SMILES string of the molecule is c1ccc(N(c2ccccc2)c2cc3c4c(c2)-n2c5ccccc5c5c6c7ccccc7n(-c7ccccc7)c6cc(c52)B4c2ccccc2S3)cc1. The summed E-state index contributed by atoms with van der Waals surface area (Å²) >= 11 is 1.91. The third-order valence-electron chi connectivity index (χ3n) is 11.3. The Morgan fingerprint density at radius 1 is 0.434 bits per heavy atom. The van der Waals surface area contributed by atoms with Gasteiger partial charge in [0.15, 0.2) is 0 Å². The van der Waals surface area contributed by atoms with Crippen LogP contribution < -0.4 is 21.3 Å². The molecular weight excluding hydrogens is 661 g/mol. The van der Waals surface area contributed by atoms with E-state index in [9.17, 15) is 0 Å². The van der Waals surface area contributed by atoms with Gasteiger partial charge in [0.1, 0.15) is 0 Å². The molecule has 2 aliphatic heterocycles. The Labute approximate surface area is 311 Å². The molecule has 0 atom stereocenters. The van der Waals surface area contributed by atoms with Crippen molar-refractivity contribution in [3.05, 3.63) is 182 Å². The van der Waals surface area contributed by atoms with Crippen molar-refractivity contribution >= 4 is 95.5 Å². The molecule has 0 amide bonds. The molecule has 2 aliphatic rings. The summed E-state index contributed by atoms with van der Waals surface area (Å²) in [5.41, 5.74) is 15.0. The maximum atomic E-state index is 2.59. The second-order valence-electron chi connectivity index (χ2n) is 14.1. The molecule has 53 heavy (non-hydrogen) atoms.